The van der Waals surface area contributed by atoms with Gasteiger partial charge in [-0.25, -0.2) is 0 Å². The Morgan fingerprint density at radius 1 is 1.52 bits per heavy atom. The second kappa shape index (κ2) is 7.04. The standard InChI is InChI=1S/C15H19BrN2O3/c1-10(2)17-15(20)14-9-21-6-5-18(14)13-4-3-11(8-19)7-12(13)16/h3-4,7-8,10,14H,5-6,9H2,1-2H3,(H,17,20). The van der Waals surface area contributed by atoms with Crippen LogP contribution < -0.4 is 10.2 Å². The van der Waals surface area contributed by atoms with E-state index in [9.17, 15) is 9.59 Å². The number of hydrogen-bond acceptors (Lipinski definition) is 4. The number of nitrogens with one attached hydrogen (secondary N) is 1. The number of amides is 1. The summed E-state index contributed by atoms with van der Waals surface area (Å²) in [5, 5.41) is 2.92. The monoisotopic (exact) mass is 354 g/mol. The molecule has 1 aromatic carbocycles. The molecule has 0 bridgehead atoms. The van der Waals surface area contributed by atoms with Crippen LogP contribution in [0.1, 0.15) is 24.2 Å². The van der Waals surface area contributed by atoms with Crippen molar-refractivity contribution in [3.05, 3.63) is 28.2 Å². The van der Waals surface area contributed by atoms with E-state index < -0.39 is 0 Å². The maximum Gasteiger partial charge on any atom is 0.245 e. The molecule has 1 unspecified atom stereocenters. The predicted molar refractivity (Wildman–Crippen MR) is 84.8 cm³/mol. The lowest BCUT2D eigenvalue weighted by molar-refractivity contribution is -0.125. The van der Waals surface area contributed by atoms with E-state index in [2.05, 4.69) is 21.2 Å². The van der Waals surface area contributed by atoms with Crippen molar-refractivity contribution in [3.63, 3.8) is 0 Å². The molecule has 114 valence electrons. The molecule has 21 heavy (non-hydrogen) atoms. The first-order valence-electron chi connectivity index (χ1n) is 6.92. The molecule has 1 heterocycles. The van der Waals surface area contributed by atoms with Gasteiger partial charge < -0.3 is 15.0 Å². The van der Waals surface area contributed by atoms with Crippen LogP contribution in [0.2, 0.25) is 0 Å². The lowest BCUT2D eigenvalue weighted by Gasteiger charge is -2.37. The summed E-state index contributed by atoms with van der Waals surface area (Å²) in [6.07, 6.45) is 0.802. The van der Waals surface area contributed by atoms with Crippen molar-refractivity contribution < 1.29 is 14.3 Å². The van der Waals surface area contributed by atoms with Gasteiger partial charge in [-0.2, -0.15) is 0 Å². The smallest absolute Gasteiger partial charge is 0.245 e. The first-order valence-corrected chi connectivity index (χ1v) is 7.71. The van der Waals surface area contributed by atoms with Crippen LogP contribution in [0, 0.1) is 0 Å². The molecule has 5 nitrogen and oxygen atoms in total. The molecule has 1 saturated heterocycles. The van der Waals surface area contributed by atoms with E-state index in [1.165, 1.54) is 0 Å². The van der Waals surface area contributed by atoms with Crippen LogP contribution in [-0.4, -0.2) is 44.0 Å². The number of hydrogen-bond donors (Lipinski definition) is 1. The van der Waals surface area contributed by atoms with Crippen LogP contribution in [0.4, 0.5) is 5.69 Å². The van der Waals surface area contributed by atoms with Gasteiger partial charge in [0.25, 0.3) is 0 Å². The topological polar surface area (TPSA) is 58.6 Å². The molecular weight excluding hydrogens is 336 g/mol. The third kappa shape index (κ3) is 3.83. The third-order valence-corrected chi connectivity index (χ3v) is 3.91. The van der Waals surface area contributed by atoms with E-state index in [0.717, 1.165) is 16.4 Å². The van der Waals surface area contributed by atoms with Crippen molar-refractivity contribution in [2.24, 2.45) is 0 Å². The molecule has 1 amide bonds. The fraction of sp³-hybridized carbons (Fsp3) is 0.467. The van der Waals surface area contributed by atoms with E-state index in [0.29, 0.717) is 25.3 Å². The van der Waals surface area contributed by atoms with E-state index in [-0.39, 0.29) is 18.0 Å². The molecule has 0 aromatic heterocycles. The zero-order valence-electron chi connectivity index (χ0n) is 12.1. The molecule has 2 rings (SSSR count). The summed E-state index contributed by atoms with van der Waals surface area (Å²) in [6.45, 7) is 5.43. The SMILES string of the molecule is CC(C)NC(=O)C1COCCN1c1ccc(C=O)cc1Br. The first-order chi connectivity index (χ1) is 10.0. The summed E-state index contributed by atoms with van der Waals surface area (Å²) in [5.41, 5.74) is 1.50. The van der Waals surface area contributed by atoms with Crippen LogP contribution in [0.5, 0.6) is 0 Å². The Labute approximate surface area is 132 Å². The largest absolute Gasteiger partial charge is 0.377 e. The van der Waals surface area contributed by atoms with Gasteiger partial charge in [-0.3, -0.25) is 9.59 Å². The summed E-state index contributed by atoms with van der Waals surface area (Å²) in [6, 6.07) is 5.09. The molecule has 1 aliphatic heterocycles. The zero-order valence-corrected chi connectivity index (χ0v) is 13.7. The molecule has 6 heteroatoms. The number of ether oxygens (including phenoxy) is 1. The van der Waals surface area contributed by atoms with Gasteiger partial charge in [0.05, 0.1) is 18.9 Å². The average Bonchev–Trinajstić information content (AvgIpc) is 2.46. The Morgan fingerprint density at radius 3 is 2.90 bits per heavy atom. The van der Waals surface area contributed by atoms with Crippen LogP contribution in [0.3, 0.4) is 0 Å². The first kappa shape index (κ1) is 16.0. The van der Waals surface area contributed by atoms with Gasteiger partial charge in [-0.1, -0.05) is 0 Å². The highest BCUT2D eigenvalue weighted by molar-refractivity contribution is 9.10. The van der Waals surface area contributed by atoms with E-state index in [1.54, 1.807) is 12.1 Å². The maximum atomic E-state index is 12.3. The van der Waals surface area contributed by atoms with Gasteiger partial charge in [-0.15, -0.1) is 0 Å². The van der Waals surface area contributed by atoms with Crippen molar-refractivity contribution in [1.29, 1.82) is 0 Å². The Balaban J connectivity index is 2.26. The van der Waals surface area contributed by atoms with Crippen LogP contribution in [0.15, 0.2) is 22.7 Å². The van der Waals surface area contributed by atoms with Crippen LogP contribution >= 0.6 is 15.9 Å². The molecule has 0 aliphatic carbocycles. The summed E-state index contributed by atoms with van der Waals surface area (Å²) in [4.78, 5) is 25.2. The number of halogens is 1. The highest BCUT2D eigenvalue weighted by atomic mass is 79.9. The van der Waals surface area contributed by atoms with Crippen LogP contribution in [-0.2, 0) is 9.53 Å². The van der Waals surface area contributed by atoms with Crippen molar-refractivity contribution in [2.75, 3.05) is 24.7 Å². The summed E-state index contributed by atoms with van der Waals surface area (Å²) >= 11 is 3.48. The van der Waals surface area contributed by atoms with Gasteiger partial charge >= 0.3 is 0 Å². The van der Waals surface area contributed by atoms with Crippen LogP contribution in [0.25, 0.3) is 0 Å². The van der Waals surface area contributed by atoms with Crippen molar-refractivity contribution in [1.82, 2.24) is 5.32 Å². The molecule has 1 N–H and O–H groups in total. The number of carbonyl (C=O) groups excluding carboxylic acids is 2. The quantitative estimate of drug-likeness (QED) is 0.840. The molecule has 1 aliphatic rings. The lowest BCUT2D eigenvalue weighted by atomic mass is 10.1. The minimum atomic E-state index is -0.362. The normalized spacial score (nSPS) is 18.7. The zero-order chi connectivity index (χ0) is 15.4. The van der Waals surface area contributed by atoms with Gasteiger partial charge in [0, 0.05) is 22.6 Å². The highest BCUT2D eigenvalue weighted by Crippen LogP contribution is 2.29. The second-order valence-electron chi connectivity index (χ2n) is 5.28. The summed E-state index contributed by atoms with van der Waals surface area (Å²) in [5.74, 6) is -0.0453. The fourth-order valence-electron chi connectivity index (χ4n) is 2.32. The maximum absolute atomic E-state index is 12.3. The van der Waals surface area contributed by atoms with Crippen molar-refractivity contribution in [2.45, 2.75) is 25.9 Å². The van der Waals surface area contributed by atoms with Gasteiger partial charge in [0.15, 0.2) is 0 Å². The number of rotatable bonds is 4. The molecule has 0 saturated carbocycles. The Kier molecular flexibility index (Phi) is 5.36. The van der Waals surface area contributed by atoms with Crippen molar-refractivity contribution in [3.8, 4) is 0 Å². The predicted octanol–water partition coefficient (Wildman–Crippen LogP) is 1.99. The number of carbonyl (C=O) groups is 2. The number of aldehydes is 1. The lowest BCUT2D eigenvalue weighted by Crippen LogP contribution is -2.55. The van der Waals surface area contributed by atoms with Gasteiger partial charge in [0.1, 0.15) is 12.3 Å². The fourth-order valence-corrected chi connectivity index (χ4v) is 2.94. The molecule has 1 fully saturated rings. The Bertz CT molecular complexity index is 534. The Morgan fingerprint density at radius 2 is 2.29 bits per heavy atom. The summed E-state index contributed by atoms with van der Waals surface area (Å²) in [7, 11) is 0. The second-order valence-corrected chi connectivity index (χ2v) is 6.13. The number of nitrogens with zero attached hydrogens (tertiary/aromatic N) is 1. The molecular formula is C15H19BrN2O3. The minimum absolute atomic E-state index is 0.0453. The van der Waals surface area contributed by atoms with Gasteiger partial charge in [-0.05, 0) is 48.0 Å². The average molecular weight is 355 g/mol. The van der Waals surface area contributed by atoms with Crippen molar-refractivity contribution >= 4 is 33.8 Å². The summed E-state index contributed by atoms with van der Waals surface area (Å²) < 4.78 is 6.25. The number of morpholine rings is 1. The van der Waals surface area contributed by atoms with E-state index >= 15 is 0 Å². The molecule has 0 radical (unpaired) electrons. The third-order valence-electron chi connectivity index (χ3n) is 3.28. The highest BCUT2D eigenvalue weighted by Gasteiger charge is 2.30. The number of anilines is 1. The minimum Gasteiger partial charge on any atom is -0.377 e. The Hall–Kier alpha value is -1.40. The van der Waals surface area contributed by atoms with E-state index in [4.69, 9.17) is 4.74 Å². The molecule has 0 spiro atoms. The van der Waals surface area contributed by atoms with E-state index in [1.807, 2.05) is 24.8 Å². The molecule has 1 atom stereocenters. The van der Waals surface area contributed by atoms with Gasteiger partial charge in [0.2, 0.25) is 5.91 Å². The number of benzene rings is 1. The molecule has 1 aromatic rings.